The number of hydrogen-bond donors (Lipinski definition) is 2. The van der Waals surface area contributed by atoms with Gasteiger partial charge in [-0.25, -0.2) is 13.9 Å². The molecule has 3 aromatic rings. The van der Waals surface area contributed by atoms with Crippen LogP contribution in [0.15, 0.2) is 67.0 Å². The Morgan fingerprint density at radius 1 is 1.13 bits per heavy atom. The summed E-state index contributed by atoms with van der Waals surface area (Å²) < 4.78 is 14.9. The zero-order chi connectivity index (χ0) is 22.0. The molecule has 0 saturated carbocycles. The summed E-state index contributed by atoms with van der Waals surface area (Å²) in [5, 5.41) is 9.46. The number of imide groups is 1. The molecule has 2 N–H and O–H groups in total. The van der Waals surface area contributed by atoms with Gasteiger partial charge < -0.3 is 10.6 Å². The molecule has 8 nitrogen and oxygen atoms in total. The maximum Gasteiger partial charge on any atom is 0.325 e. The number of amides is 4. The summed E-state index contributed by atoms with van der Waals surface area (Å²) in [4.78, 5) is 38.4. The second kappa shape index (κ2) is 8.02. The molecule has 0 radical (unpaired) electrons. The molecule has 1 aliphatic rings. The van der Waals surface area contributed by atoms with E-state index in [0.717, 1.165) is 16.2 Å². The van der Waals surface area contributed by atoms with Gasteiger partial charge in [0.05, 0.1) is 5.69 Å². The normalized spacial score (nSPS) is 18.2. The predicted molar refractivity (Wildman–Crippen MR) is 109 cm³/mol. The number of aromatic nitrogens is 2. The van der Waals surface area contributed by atoms with Crippen LogP contribution in [0.2, 0.25) is 0 Å². The predicted octanol–water partition coefficient (Wildman–Crippen LogP) is 2.09. The first-order valence-electron chi connectivity index (χ1n) is 9.62. The standard InChI is InChI=1S/C22H20FN5O3/c1-22(16-5-7-17(23)8-6-16)20(30)27(21(31)26-22)14-19(29)24-13-15-3-9-18(10-4-15)28-12-2-11-25-28/h2-12H,13-14H2,1H3,(H,24,29)(H,26,31). The quantitative estimate of drug-likeness (QED) is 0.596. The molecule has 1 unspecified atom stereocenters. The lowest BCUT2D eigenvalue weighted by molar-refractivity contribution is -0.134. The molecule has 1 saturated heterocycles. The van der Waals surface area contributed by atoms with Gasteiger partial charge in [0.25, 0.3) is 5.91 Å². The average Bonchev–Trinajstić information content (AvgIpc) is 3.37. The molecule has 0 spiro atoms. The fraction of sp³-hybridized carbons (Fsp3) is 0.182. The van der Waals surface area contributed by atoms with E-state index in [9.17, 15) is 18.8 Å². The van der Waals surface area contributed by atoms with E-state index in [4.69, 9.17) is 0 Å². The number of rotatable bonds is 6. The molecule has 1 aromatic heterocycles. The van der Waals surface area contributed by atoms with Gasteiger partial charge in [-0.1, -0.05) is 24.3 Å². The molecule has 2 aromatic carbocycles. The maximum absolute atomic E-state index is 13.2. The van der Waals surface area contributed by atoms with Crippen LogP contribution in [0.4, 0.5) is 9.18 Å². The summed E-state index contributed by atoms with van der Waals surface area (Å²) >= 11 is 0. The van der Waals surface area contributed by atoms with Crippen molar-refractivity contribution in [3.8, 4) is 5.69 Å². The van der Waals surface area contributed by atoms with E-state index in [2.05, 4.69) is 15.7 Å². The summed E-state index contributed by atoms with van der Waals surface area (Å²) in [6.07, 6.45) is 3.51. The molecule has 9 heteroatoms. The largest absolute Gasteiger partial charge is 0.350 e. The van der Waals surface area contributed by atoms with Crippen LogP contribution in [-0.4, -0.2) is 39.1 Å². The highest BCUT2D eigenvalue weighted by atomic mass is 19.1. The van der Waals surface area contributed by atoms with Crippen LogP contribution < -0.4 is 10.6 Å². The van der Waals surface area contributed by atoms with Crippen molar-refractivity contribution in [2.24, 2.45) is 0 Å². The summed E-state index contributed by atoms with van der Waals surface area (Å²) in [5.41, 5.74) is 0.831. The Bertz CT molecular complexity index is 1110. The van der Waals surface area contributed by atoms with Crippen molar-refractivity contribution in [2.75, 3.05) is 6.54 Å². The smallest absolute Gasteiger partial charge is 0.325 e. The molecule has 2 heterocycles. The SMILES string of the molecule is CC1(c2ccc(F)cc2)NC(=O)N(CC(=O)NCc2ccc(-n3cccn3)cc2)C1=O. The van der Waals surface area contributed by atoms with E-state index in [0.29, 0.717) is 5.56 Å². The first kappa shape index (κ1) is 20.3. The van der Waals surface area contributed by atoms with Gasteiger partial charge in [0.2, 0.25) is 5.91 Å². The van der Waals surface area contributed by atoms with Crippen LogP contribution >= 0.6 is 0 Å². The van der Waals surface area contributed by atoms with Crippen molar-refractivity contribution in [3.63, 3.8) is 0 Å². The topological polar surface area (TPSA) is 96.3 Å². The Labute approximate surface area is 177 Å². The van der Waals surface area contributed by atoms with E-state index in [1.807, 2.05) is 36.5 Å². The third-order valence-electron chi connectivity index (χ3n) is 5.19. The first-order valence-corrected chi connectivity index (χ1v) is 9.62. The minimum Gasteiger partial charge on any atom is -0.350 e. The van der Waals surface area contributed by atoms with Crippen LogP contribution in [0.3, 0.4) is 0 Å². The Morgan fingerprint density at radius 3 is 2.48 bits per heavy atom. The Morgan fingerprint density at radius 2 is 1.84 bits per heavy atom. The number of benzene rings is 2. The Hall–Kier alpha value is -4.01. The third-order valence-corrected chi connectivity index (χ3v) is 5.19. The number of nitrogens with zero attached hydrogens (tertiary/aromatic N) is 3. The second-order valence-electron chi connectivity index (χ2n) is 7.35. The van der Waals surface area contributed by atoms with E-state index in [1.165, 1.54) is 31.2 Å². The third kappa shape index (κ3) is 4.02. The van der Waals surface area contributed by atoms with Gasteiger partial charge in [-0.3, -0.25) is 14.5 Å². The van der Waals surface area contributed by atoms with Crippen molar-refractivity contribution < 1.29 is 18.8 Å². The lowest BCUT2D eigenvalue weighted by Gasteiger charge is -2.22. The van der Waals surface area contributed by atoms with Gasteiger partial charge in [0, 0.05) is 18.9 Å². The van der Waals surface area contributed by atoms with Gasteiger partial charge in [-0.05, 0) is 48.4 Å². The van der Waals surface area contributed by atoms with Crippen molar-refractivity contribution in [3.05, 3.63) is 83.9 Å². The maximum atomic E-state index is 13.2. The van der Waals surface area contributed by atoms with Crippen molar-refractivity contribution >= 4 is 17.8 Å². The van der Waals surface area contributed by atoms with Gasteiger partial charge >= 0.3 is 6.03 Å². The fourth-order valence-corrected chi connectivity index (χ4v) is 3.41. The van der Waals surface area contributed by atoms with Crippen molar-refractivity contribution in [1.29, 1.82) is 0 Å². The molecule has 31 heavy (non-hydrogen) atoms. The molecular formula is C22H20FN5O3. The minimum atomic E-state index is -1.35. The molecule has 0 aliphatic carbocycles. The highest BCUT2D eigenvalue weighted by Gasteiger charge is 2.49. The molecule has 1 atom stereocenters. The van der Waals surface area contributed by atoms with Crippen LogP contribution in [0.1, 0.15) is 18.1 Å². The average molecular weight is 421 g/mol. The van der Waals surface area contributed by atoms with Crippen molar-refractivity contribution in [2.45, 2.75) is 19.0 Å². The van der Waals surface area contributed by atoms with Gasteiger partial charge in [-0.2, -0.15) is 5.10 Å². The molecule has 158 valence electrons. The summed E-state index contributed by atoms with van der Waals surface area (Å²) in [7, 11) is 0. The number of carbonyl (C=O) groups is 3. The van der Waals surface area contributed by atoms with E-state index < -0.39 is 35.7 Å². The molecule has 0 bridgehead atoms. The second-order valence-corrected chi connectivity index (χ2v) is 7.35. The number of nitrogens with one attached hydrogen (secondary N) is 2. The highest BCUT2D eigenvalue weighted by molar-refractivity contribution is 6.09. The molecule has 4 amide bonds. The van der Waals surface area contributed by atoms with Gasteiger partial charge in [-0.15, -0.1) is 0 Å². The summed E-state index contributed by atoms with van der Waals surface area (Å²) in [6, 6.07) is 13.9. The number of halogens is 1. The number of urea groups is 1. The zero-order valence-corrected chi connectivity index (χ0v) is 16.7. The lowest BCUT2D eigenvalue weighted by Crippen LogP contribution is -2.43. The van der Waals surface area contributed by atoms with Crippen LogP contribution in [-0.2, 0) is 21.7 Å². The summed E-state index contributed by atoms with van der Waals surface area (Å²) in [5.74, 6) is -1.48. The zero-order valence-electron chi connectivity index (χ0n) is 16.7. The van der Waals surface area contributed by atoms with Gasteiger partial charge in [0.15, 0.2) is 0 Å². The fourth-order valence-electron chi connectivity index (χ4n) is 3.41. The van der Waals surface area contributed by atoms with Crippen molar-refractivity contribution in [1.82, 2.24) is 25.3 Å². The highest BCUT2D eigenvalue weighted by Crippen LogP contribution is 2.28. The first-order chi connectivity index (χ1) is 14.9. The molecule has 4 rings (SSSR count). The van der Waals surface area contributed by atoms with Crippen LogP contribution in [0, 0.1) is 5.82 Å². The number of hydrogen-bond acceptors (Lipinski definition) is 4. The number of carbonyl (C=O) groups excluding carboxylic acids is 3. The molecular weight excluding hydrogens is 401 g/mol. The minimum absolute atomic E-state index is 0.247. The van der Waals surface area contributed by atoms with E-state index in [1.54, 1.807) is 10.9 Å². The summed E-state index contributed by atoms with van der Waals surface area (Å²) in [6.45, 7) is 1.36. The molecule has 1 fully saturated rings. The lowest BCUT2D eigenvalue weighted by atomic mass is 9.92. The molecule has 1 aliphatic heterocycles. The Kier molecular flexibility index (Phi) is 5.24. The Balaban J connectivity index is 1.36. The monoisotopic (exact) mass is 421 g/mol. The van der Waals surface area contributed by atoms with E-state index in [-0.39, 0.29) is 6.54 Å². The van der Waals surface area contributed by atoms with Crippen LogP contribution in [0.5, 0.6) is 0 Å². The van der Waals surface area contributed by atoms with Crippen LogP contribution in [0.25, 0.3) is 5.69 Å². The van der Waals surface area contributed by atoms with Gasteiger partial charge in [0.1, 0.15) is 17.9 Å². The van der Waals surface area contributed by atoms with E-state index >= 15 is 0 Å².